The van der Waals surface area contributed by atoms with Crippen LogP contribution >= 0.6 is 0 Å². The smallest absolute Gasteiger partial charge is 0.332 e. The third kappa shape index (κ3) is 3.27. The van der Waals surface area contributed by atoms with Crippen LogP contribution in [-0.4, -0.2) is 11.7 Å². The second-order valence-corrected chi connectivity index (χ2v) is 3.09. The Morgan fingerprint density at radius 1 is 1.69 bits per heavy atom. The molecular formula is C9H15N3O. The first-order valence-corrected chi connectivity index (χ1v) is 4.54. The molecule has 3 N–H and O–H groups in total. The molecule has 1 aliphatic carbocycles. The fourth-order valence-corrected chi connectivity index (χ4v) is 1.37. The van der Waals surface area contributed by atoms with Crippen molar-refractivity contribution >= 4 is 11.7 Å². The molecule has 0 heterocycles. The average Bonchev–Trinajstić information content (AvgIpc) is 2.15. The van der Waals surface area contributed by atoms with E-state index in [1.165, 1.54) is 5.57 Å². The summed E-state index contributed by atoms with van der Waals surface area (Å²) < 4.78 is 0. The fourth-order valence-electron chi connectivity index (χ4n) is 1.37. The van der Waals surface area contributed by atoms with Crippen LogP contribution in [0.2, 0.25) is 0 Å². The van der Waals surface area contributed by atoms with E-state index in [2.05, 4.69) is 17.5 Å². The standard InChI is InChI=1S/C9H15N3O/c1-2-7-4-3-5-8(6-7)11-12-9(10)13/h6H,2-5H2,1H3,(H3,10,12,13)/b11-8+. The third-order valence-corrected chi connectivity index (χ3v) is 2.07. The predicted octanol–water partition coefficient (Wildman–Crippen LogP) is 1.53. The van der Waals surface area contributed by atoms with Crippen LogP contribution < -0.4 is 11.2 Å². The van der Waals surface area contributed by atoms with Crippen molar-refractivity contribution in [2.45, 2.75) is 32.6 Å². The quantitative estimate of drug-likeness (QED) is 0.623. The number of allylic oxidation sites excluding steroid dienone is 2. The monoisotopic (exact) mass is 181 g/mol. The van der Waals surface area contributed by atoms with Crippen LogP contribution in [-0.2, 0) is 0 Å². The number of hydrogen-bond donors (Lipinski definition) is 2. The highest BCUT2D eigenvalue weighted by molar-refractivity contribution is 5.96. The number of nitrogens with two attached hydrogens (primary N) is 1. The zero-order chi connectivity index (χ0) is 9.68. The Morgan fingerprint density at radius 3 is 3.08 bits per heavy atom. The van der Waals surface area contributed by atoms with Gasteiger partial charge < -0.3 is 5.73 Å². The maximum atomic E-state index is 10.4. The number of carbonyl (C=O) groups is 1. The number of primary amides is 1. The lowest BCUT2D eigenvalue weighted by molar-refractivity contribution is 0.249. The van der Waals surface area contributed by atoms with Gasteiger partial charge in [0, 0.05) is 0 Å². The van der Waals surface area contributed by atoms with Crippen molar-refractivity contribution in [1.82, 2.24) is 5.43 Å². The lowest BCUT2D eigenvalue weighted by Gasteiger charge is -2.12. The van der Waals surface area contributed by atoms with Gasteiger partial charge in [-0.1, -0.05) is 12.5 Å². The van der Waals surface area contributed by atoms with E-state index in [4.69, 9.17) is 5.73 Å². The van der Waals surface area contributed by atoms with Gasteiger partial charge in [0.15, 0.2) is 0 Å². The molecule has 0 aromatic rings. The van der Waals surface area contributed by atoms with Crippen molar-refractivity contribution < 1.29 is 4.79 Å². The third-order valence-electron chi connectivity index (χ3n) is 2.07. The summed E-state index contributed by atoms with van der Waals surface area (Å²) >= 11 is 0. The molecule has 72 valence electrons. The van der Waals surface area contributed by atoms with Crippen LogP contribution in [0.1, 0.15) is 32.6 Å². The lowest BCUT2D eigenvalue weighted by Crippen LogP contribution is -2.25. The maximum Gasteiger partial charge on any atom is 0.332 e. The van der Waals surface area contributed by atoms with Crippen LogP contribution in [0, 0.1) is 0 Å². The summed E-state index contributed by atoms with van der Waals surface area (Å²) in [7, 11) is 0. The molecule has 1 rings (SSSR count). The van der Waals surface area contributed by atoms with E-state index < -0.39 is 6.03 Å². The van der Waals surface area contributed by atoms with Gasteiger partial charge in [0.05, 0.1) is 5.71 Å². The normalized spacial score (nSPS) is 19.8. The SMILES string of the molecule is CCC1=C/C(=N/NC(N)=O)CCC1. The molecule has 4 heteroatoms. The highest BCUT2D eigenvalue weighted by Gasteiger charge is 2.06. The molecule has 0 unspecified atom stereocenters. The molecule has 0 aromatic carbocycles. The molecule has 0 atom stereocenters. The zero-order valence-electron chi connectivity index (χ0n) is 7.84. The molecule has 4 nitrogen and oxygen atoms in total. The van der Waals surface area contributed by atoms with Gasteiger partial charge in [-0.25, -0.2) is 10.2 Å². The van der Waals surface area contributed by atoms with Gasteiger partial charge in [0.2, 0.25) is 0 Å². The molecule has 13 heavy (non-hydrogen) atoms. The number of nitrogens with zero attached hydrogens (tertiary/aromatic N) is 1. The summed E-state index contributed by atoms with van der Waals surface area (Å²) in [5.41, 5.74) is 9.44. The van der Waals surface area contributed by atoms with Crippen LogP contribution in [0.15, 0.2) is 16.8 Å². The average molecular weight is 181 g/mol. The van der Waals surface area contributed by atoms with Gasteiger partial charge in [-0.2, -0.15) is 5.10 Å². The first kappa shape index (κ1) is 9.77. The number of hydrazone groups is 1. The predicted molar refractivity (Wildman–Crippen MR) is 52.4 cm³/mol. The number of hydrogen-bond acceptors (Lipinski definition) is 2. The fraction of sp³-hybridized carbons (Fsp3) is 0.556. The molecule has 0 aliphatic heterocycles. The lowest BCUT2D eigenvalue weighted by atomic mass is 9.96. The molecule has 0 radical (unpaired) electrons. The summed E-state index contributed by atoms with van der Waals surface area (Å²) in [6, 6.07) is -0.607. The minimum atomic E-state index is -0.607. The van der Waals surface area contributed by atoms with Gasteiger partial charge >= 0.3 is 6.03 Å². The van der Waals surface area contributed by atoms with Crippen molar-refractivity contribution in [2.75, 3.05) is 0 Å². The second kappa shape index (κ2) is 4.64. The van der Waals surface area contributed by atoms with Crippen LogP contribution in [0.3, 0.4) is 0 Å². The van der Waals surface area contributed by atoms with Crippen molar-refractivity contribution in [2.24, 2.45) is 10.8 Å². The molecule has 0 aromatic heterocycles. The van der Waals surface area contributed by atoms with Gasteiger partial charge in [-0.3, -0.25) is 0 Å². The molecular weight excluding hydrogens is 166 g/mol. The highest BCUT2D eigenvalue weighted by atomic mass is 16.2. The summed E-state index contributed by atoms with van der Waals surface area (Å²) in [6.45, 7) is 2.12. The number of nitrogens with one attached hydrogen (secondary N) is 1. The van der Waals surface area contributed by atoms with Crippen LogP contribution in [0.4, 0.5) is 4.79 Å². The van der Waals surface area contributed by atoms with E-state index in [1.54, 1.807) is 0 Å². The first-order valence-electron chi connectivity index (χ1n) is 4.54. The van der Waals surface area contributed by atoms with E-state index in [1.807, 2.05) is 6.08 Å². The van der Waals surface area contributed by atoms with Crippen LogP contribution in [0.25, 0.3) is 0 Å². The van der Waals surface area contributed by atoms with E-state index in [-0.39, 0.29) is 0 Å². The van der Waals surface area contributed by atoms with Crippen molar-refractivity contribution in [3.63, 3.8) is 0 Å². The molecule has 2 amide bonds. The summed E-state index contributed by atoms with van der Waals surface area (Å²) in [5.74, 6) is 0. The first-order chi connectivity index (χ1) is 6.22. The Balaban J connectivity index is 2.59. The maximum absolute atomic E-state index is 10.4. The topological polar surface area (TPSA) is 67.5 Å². The van der Waals surface area contributed by atoms with Crippen molar-refractivity contribution in [3.05, 3.63) is 11.6 Å². The Kier molecular flexibility index (Phi) is 3.49. The van der Waals surface area contributed by atoms with E-state index in [0.29, 0.717) is 0 Å². The minimum absolute atomic E-state index is 0.607. The van der Waals surface area contributed by atoms with Crippen molar-refractivity contribution in [3.8, 4) is 0 Å². The van der Waals surface area contributed by atoms with Gasteiger partial charge in [-0.15, -0.1) is 0 Å². The molecule has 0 bridgehead atoms. The molecule has 0 spiro atoms. The van der Waals surface area contributed by atoms with Gasteiger partial charge in [0.25, 0.3) is 0 Å². The second-order valence-electron chi connectivity index (χ2n) is 3.09. The number of rotatable bonds is 2. The van der Waals surface area contributed by atoms with Gasteiger partial charge in [0.1, 0.15) is 0 Å². The van der Waals surface area contributed by atoms with E-state index in [9.17, 15) is 4.79 Å². The Hall–Kier alpha value is -1.32. The highest BCUT2D eigenvalue weighted by Crippen LogP contribution is 2.17. The summed E-state index contributed by atoms with van der Waals surface area (Å²) in [6.07, 6.45) is 6.27. The van der Waals surface area contributed by atoms with E-state index in [0.717, 1.165) is 31.4 Å². The summed E-state index contributed by atoms with van der Waals surface area (Å²) in [5, 5.41) is 3.90. The van der Waals surface area contributed by atoms with Crippen LogP contribution in [0.5, 0.6) is 0 Å². The van der Waals surface area contributed by atoms with E-state index >= 15 is 0 Å². The van der Waals surface area contributed by atoms with Gasteiger partial charge in [-0.05, 0) is 31.8 Å². The molecule has 0 saturated carbocycles. The summed E-state index contributed by atoms with van der Waals surface area (Å²) in [4.78, 5) is 10.4. The largest absolute Gasteiger partial charge is 0.350 e. The zero-order valence-corrected chi connectivity index (χ0v) is 7.84. The number of urea groups is 1. The molecule has 0 saturated heterocycles. The molecule has 0 fully saturated rings. The minimum Gasteiger partial charge on any atom is -0.350 e. The Morgan fingerprint density at radius 2 is 2.46 bits per heavy atom. The Bertz CT molecular complexity index is 256. The molecule has 1 aliphatic rings. The Labute approximate surface area is 77.9 Å². The van der Waals surface area contributed by atoms with Crippen molar-refractivity contribution in [1.29, 1.82) is 0 Å². The number of amides is 2. The number of carbonyl (C=O) groups excluding carboxylic acids is 1.